The average molecular weight is 359 g/mol. The van der Waals surface area contributed by atoms with E-state index in [1.165, 1.54) is 11.3 Å². The van der Waals surface area contributed by atoms with Crippen LogP contribution in [0.2, 0.25) is 0 Å². The molecule has 114 valence electrons. The van der Waals surface area contributed by atoms with E-state index >= 15 is 0 Å². The highest BCUT2D eigenvalue weighted by molar-refractivity contribution is 9.10. The van der Waals surface area contributed by atoms with E-state index in [2.05, 4.69) is 78.4 Å². The van der Waals surface area contributed by atoms with E-state index in [0.29, 0.717) is 12.1 Å². The molecule has 2 unspecified atom stereocenters. The Morgan fingerprint density at radius 1 is 1.35 bits per heavy atom. The van der Waals surface area contributed by atoms with Crippen LogP contribution >= 0.6 is 27.7 Å². The summed E-state index contributed by atoms with van der Waals surface area (Å²) in [5.74, 6) is 1.14. The molecule has 0 heterocycles. The molecular weight excluding hydrogens is 332 g/mol. The molecule has 1 rings (SSSR count). The van der Waals surface area contributed by atoms with Crippen LogP contribution in [0.4, 0.5) is 5.69 Å². The highest BCUT2D eigenvalue weighted by atomic mass is 79.9. The highest BCUT2D eigenvalue weighted by Gasteiger charge is 2.17. The fourth-order valence-electron chi connectivity index (χ4n) is 2.25. The molecule has 0 aliphatic rings. The van der Waals surface area contributed by atoms with Gasteiger partial charge in [-0.2, -0.15) is 11.8 Å². The molecule has 0 aromatic heterocycles. The van der Waals surface area contributed by atoms with Crippen molar-refractivity contribution in [2.75, 3.05) is 30.5 Å². The van der Waals surface area contributed by atoms with Crippen LogP contribution in [0, 0.1) is 0 Å². The van der Waals surface area contributed by atoms with E-state index < -0.39 is 0 Å². The first-order valence-electron chi connectivity index (χ1n) is 7.25. The lowest BCUT2D eigenvalue weighted by Gasteiger charge is -2.30. The maximum absolute atomic E-state index is 3.60. The van der Waals surface area contributed by atoms with Crippen LogP contribution in [0.15, 0.2) is 22.7 Å². The van der Waals surface area contributed by atoms with Crippen LogP contribution in [-0.2, 0) is 0 Å². The molecular formula is C16H27BrN2S. The third kappa shape index (κ3) is 4.97. The Bertz CT molecular complexity index is 411. The Labute approximate surface area is 136 Å². The lowest BCUT2D eigenvalue weighted by atomic mass is 10.0. The second-order valence-corrected chi connectivity index (χ2v) is 7.12. The Hall–Kier alpha value is -0.190. The number of rotatable bonds is 8. The van der Waals surface area contributed by atoms with Gasteiger partial charge in [-0.25, -0.2) is 0 Å². The molecule has 0 fully saturated rings. The van der Waals surface area contributed by atoms with Crippen molar-refractivity contribution >= 4 is 33.4 Å². The number of hydrogen-bond donors (Lipinski definition) is 1. The third-order valence-corrected chi connectivity index (χ3v) is 4.91. The van der Waals surface area contributed by atoms with Gasteiger partial charge in [0.1, 0.15) is 0 Å². The smallest absolute Gasteiger partial charge is 0.0415 e. The van der Waals surface area contributed by atoms with Crippen LogP contribution in [0.5, 0.6) is 0 Å². The SMILES string of the molecule is CCCNC(C)c1cc(Br)ccc1N(C)C(C)CSC. The molecule has 0 bridgehead atoms. The Balaban J connectivity index is 3.00. The van der Waals surface area contributed by atoms with Gasteiger partial charge >= 0.3 is 0 Å². The number of benzene rings is 1. The van der Waals surface area contributed by atoms with E-state index in [-0.39, 0.29) is 0 Å². The average Bonchev–Trinajstić information content (AvgIpc) is 2.44. The summed E-state index contributed by atoms with van der Waals surface area (Å²) in [6.45, 7) is 7.78. The zero-order valence-electron chi connectivity index (χ0n) is 13.2. The minimum atomic E-state index is 0.367. The molecule has 1 aromatic rings. The molecule has 1 aromatic carbocycles. The molecule has 0 amide bonds. The van der Waals surface area contributed by atoms with Gasteiger partial charge in [0.15, 0.2) is 0 Å². The van der Waals surface area contributed by atoms with Gasteiger partial charge < -0.3 is 10.2 Å². The van der Waals surface area contributed by atoms with Gasteiger partial charge in [-0.3, -0.25) is 0 Å². The Kier molecular flexibility index (Phi) is 8.00. The lowest BCUT2D eigenvalue weighted by Crippen LogP contribution is -2.32. The van der Waals surface area contributed by atoms with Gasteiger partial charge in [0.05, 0.1) is 0 Å². The van der Waals surface area contributed by atoms with Crippen molar-refractivity contribution in [2.45, 2.75) is 39.3 Å². The lowest BCUT2D eigenvalue weighted by molar-refractivity contribution is 0.568. The summed E-state index contributed by atoms with van der Waals surface area (Å²) >= 11 is 5.50. The highest BCUT2D eigenvalue weighted by Crippen LogP contribution is 2.30. The number of thioether (sulfide) groups is 1. The summed E-state index contributed by atoms with van der Waals surface area (Å²) < 4.78 is 1.15. The van der Waals surface area contributed by atoms with E-state index in [1.54, 1.807) is 0 Å². The molecule has 0 aliphatic carbocycles. The van der Waals surface area contributed by atoms with Gasteiger partial charge in [-0.1, -0.05) is 22.9 Å². The molecule has 0 saturated carbocycles. The maximum atomic E-state index is 3.60. The Morgan fingerprint density at radius 2 is 2.05 bits per heavy atom. The second kappa shape index (κ2) is 8.96. The second-order valence-electron chi connectivity index (χ2n) is 5.29. The zero-order chi connectivity index (χ0) is 15.1. The predicted octanol–water partition coefficient (Wildman–Crippen LogP) is 4.70. The summed E-state index contributed by atoms with van der Waals surface area (Å²) in [6.07, 6.45) is 3.32. The fourth-order valence-corrected chi connectivity index (χ4v) is 3.34. The molecule has 20 heavy (non-hydrogen) atoms. The monoisotopic (exact) mass is 358 g/mol. The quantitative estimate of drug-likeness (QED) is 0.724. The summed E-state index contributed by atoms with van der Waals surface area (Å²) in [5, 5.41) is 3.59. The molecule has 0 aliphatic heterocycles. The number of hydrogen-bond acceptors (Lipinski definition) is 3. The third-order valence-electron chi connectivity index (χ3n) is 3.61. The number of nitrogens with zero attached hydrogens (tertiary/aromatic N) is 1. The van der Waals surface area contributed by atoms with Crippen LogP contribution in [0.25, 0.3) is 0 Å². The molecule has 0 saturated heterocycles. The minimum Gasteiger partial charge on any atom is -0.371 e. The first kappa shape index (κ1) is 17.9. The summed E-state index contributed by atoms with van der Waals surface area (Å²) in [5.41, 5.74) is 2.69. The summed E-state index contributed by atoms with van der Waals surface area (Å²) in [7, 11) is 2.19. The molecule has 0 radical (unpaired) electrons. The summed E-state index contributed by atoms with van der Waals surface area (Å²) in [4.78, 5) is 2.39. The van der Waals surface area contributed by atoms with Crippen molar-refractivity contribution in [3.63, 3.8) is 0 Å². The van der Waals surface area contributed by atoms with Gasteiger partial charge in [0.25, 0.3) is 0 Å². The van der Waals surface area contributed by atoms with Gasteiger partial charge in [0.2, 0.25) is 0 Å². The van der Waals surface area contributed by atoms with Crippen molar-refractivity contribution in [1.82, 2.24) is 5.32 Å². The predicted molar refractivity (Wildman–Crippen MR) is 97.1 cm³/mol. The molecule has 2 nitrogen and oxygen atoms in total. The van der Waals surface area contributed by atoms with E-state index in [9.17, 15) is 0 Å². The van der Waals surface area contributed by atoms with Crippen LogP contribution in [-0.4, -0.2) is 31.6 Å². The number of anilines is 1. The first-order chi connectivity index (χ1) is 9.51. The van der Waals surface area contributed by atoms with Crippen molar-refractivity contribution < 1.29 is 0 Å². The molecule has 0 spiro atoms. The molecule has 1 N–H and O–H groups in total. The summed E-state index contributed by atoms with van der Waals surface area (Å²) in [6, 6.07) is 7.49. The first-order valence-corrected chi connectivity index (χ1v) is 9.44. The van der Waals surface area contributed by atoms with Crippen molar-refractivity contribution in [1.29, 1.82) is 0 Å². The van der Waals surface area contributed by atoms with Crippen LogP contribution in [0.1, 0.15) is 38.8 Å². The van der Waals surface area contributed by atoms with Gasteiger partial charge in [-0.15, -0.1) is 0 Å². The van der Waals surface area contributed by atoms with Crippen LogP contribution in [0.3, 0.4) is 0 Å². The number of nitrogens with one attached hydrogen (secondary N) is 1. The van der Waals surface area contributed by atoms with Gasteiger partial charge in [-0.05, 0) is 56.8 Å². The Morgan fingerprint density at radius 3 is 2.65 bits per heavy atom. The largest absolute Gasteiger partial charge is 0.371 e. The van der Waals surface area contributed by atoms with Crippen LogP contribution < -0.4 is 10.2 Å². The number of halogens is 1. The normalized spacial score (nSPS) is 14.1. The fraction of sp³-hybridized carbons (Fsp3) is 0.625. The zero-order valence-corrected chi connectivity index (χ0v) is 15.6. The van der Waals surface area contributed by atoms with Crippen molar-refractivity contribution in [3.8, 4) is 0 Å². The standard InChI is InChI=1S/C16H27BrN2S/c1-6-9-18-13(3)15-10-14(17)7-8-16(15)19(4)12(2)11-20-5/h7-8,10,12-13,18H,6,9,11H2,1-5H3. The van der Waals surface area contributed by atoms with Crippen molar-refractivity contribution in [3.05, 3.63) is 28.2 Å². The topological polar surface area (TPSA) is 15.3 Å². The molecule has 4 heteroatoms. The van der Waals surface area contributed by atoms with E-state index in [1.807, 2.05) is 11.8 Å². The minimum absolute atomic E-state index is 0.367. The molecule has 2 atom stereocenters. The van der Waals surface area contributed by atoms with Crippen molar-refractivity contribution in [2.24, 2.45) is 0 Å². The van der Waals surface area contributed by atoms with E-state index in [0.717, 1.165) is 23.2 Å². The maximum Gasteiger partial charge on any atom is 0.0415 e. The van der Waals surface area contributed by atoms with E-state index in [4.69, 9.17) is 0 Å². The van der Waals surface area contributed by atoms with Gasteiger partial charge in [0, 0.05) is 35.0 Å².